The minimum absolute atomic E-state index is 0.0841. The van der Waals surface area contributed by atoms with Gasteiger partial charge in [0.15, 0.2) is 0 Å². The molecule has 0 heterocycles. The van der Waals surface area contributed by atoms with Gasteiger partial charge in [-0.15, -0.1) is 0 Å². The van der Waals surface area contributed by atoms with E-state index in [0.29, 0.717) is 0 Å². The molecule has 1 atom stereocenters. The maximum Gasteiger partial charge on any atom is 0.240 e. The van der Waals surface area contributed by atoms with Crippen LogP contribution in [0.4, 0.5) is 4.39 Å². The Morgan fingerprint density at radius 2 is 2.19 bits per heavy atom. The van der Waals surface area contributed by atoms with E-state index < -0.39 is 21.9 Å². The number of rotatable bonds is 4. The maximum absolute atomic E-state index is 12.8. The van der Waals surface area contributed by atoms with Gasteiger partial charge in [-0.2, -0.15) is 0 Å². The highest BCUT2D eigenvalue weighted by molar-refractivity contribution is 7.89. The van der Waals surface area contributed by atoms with Crippen LogP contribution in [0.3, 0.4) is 0 Å². The van der Waals surface area contributed by atoms with Gasteiger partial charge >= 0.3 is 0 Å². The van der Waals surface area contributed by atoms with Crippen molar-refractivity contribution in [1.29, 1.82) is 0 Å². The number of nitrogens with two attached hydrogens (primary N) is 1. The molecule has 0 saturated carbocycles. The molecule has 4 nitrogen and oxygen atoms in total. The summed E-state index contributed by atoms with van der Waals surface area (Å²) >= 11 is 5.50. The van der Waals surface area contributed by atoms with Crippen molar-refractivity contribution in [3.05, 3.63) is 29.0 Å². The number of hydrogen-bond acceptors (Lipinski definition) is 3. The Hall–Kier alpha value is -0.690. The van der Waals surface area contributed by atoms with E-state index in [2.05, 4.69) is 4.72 Å². The standard InChI is InChI=1S/C9H12ClFN2O2S/c1-6(5-12)13-16(14,15)7-2-3-9(11)8(10)4-7/h2-4,6,13H,5,12H2,1H3/t6-/m1/s1. The highest BCUT2D eigenvalue weighted by Gasteiger charge is 2.17. The molecule has 0 saturated heterocycles. The fourth-order valence-electron chi connectivity index (χ4n) is 1.03. The van der Waals surface area contributed by atoms with E-state index in [9.17, 15) is 12.8 Å². The first kappa shape index (κ1) is 13.4. The van der Waals surface area contributed by atoms with Crippen molar-refractivity contribution in [2.45, 2.75) is 17.9 Å². The zero-order valence-electron chi connectivity index (χ0n) is 8.57. The Labute approximate surface area is 98.6 Å². The van der Waals surface area contributed by atoms with Crippen LogP contribution < -0.4 is 10.5 Å². The van der Waals surface area contributed by atoms with E-state index in [4.69, 9.17) is 17.3 Å². The van der Waals surface area contributed by atoms with Gasteiger partial charge in [-0.1, -0.05) is 11.6 Å². The van der Waals surface area contributed by atoms with Crippen LogP contribution in [0.15, 0.2) is 23.1 Å². The molecular formula is C9H12ClFN2O2S. The van der Waals surface area contributed by atoms with Gasteiger partial charge in [0.1, 0.15) is 5.82 Å². The zero-order valence-corrected chi connectivity index (χ0v) is 10.1. The molecule has 16 heavy (non-hydrogen) atoms. The summed E-state index contributed by atoms with van der Waals surface area (Å²) in [5.41, 5.74) is 5.30. The molecule has 0 spiro atoms. The lowest BCUT2D eigenvalue weighted by Gasteiger charge is -2.12. The largest absolute Gasteiger partial charge is 0.329 e. The molecule has 0 aliphatic rings. The van der Waals surface area contributed by atoms with E-state index in [1.165, 1.54) is 0 Å². The quantitative estimate of drug-likeness (QED) is 0.857. The maximum atomic E-state index is 12.8. The van der Waals surface area contributed by atoms with Gasteiger partial charge in [-0.25, -0.2) is 17.5 Å². The Morgan fingerprint density at radius 3 is 2.69 bits per heavy atom. The molecule has 3 N–H and O–H groups in total. The molecule has 0 amide bonds. The predicted molar refractivity (Wildman–Crippen MR) is 60.2 cm³/mol. The molecule has 0 unspecified atom stereocenters. The normalized spacial score (nSPS) is 13.8. The number of sulfonamides is 1. The highest BCUT2D eigenvalue weighted by atomic mass is 35.5. The second kappa shape index (κ2) is 5.09. The van der Waals surface area contributed by atoms with Crippen LogP contribution in [0, 0.1) is 5.82 Å². The third kappa shape index (κ3) is 3.15. The SMILES string of the molecule is C[C@H](CN)NS(=O)(=O)c1ccc(F)c(Cl)c1. The van der Waals surface area contributed by atoms with Crippen LogP contribution in [0.2, 0.25) is 5.02 Å². The van der Waals surface area contributed by atoms with E-state index in [1.54, 1.807) is 6.92 Å². The molecule has 0 aliphatic carbocycles. The van der Waals surface area contributed by atoms with Crippen molar-refractivity contribution >= 4 is 21.6 Å². The second-order valence-corrected chi connectivity index (χ2v) is 5.46. The summed E-state index contributed by atoms with van der Waals surface area (Å²) < 4.78 is 38.6. The Balaban J connectivity index is 3.03. The summed E-state index contributed by atoms with van der Waals surface area (Å²) in [6.07, 6.45) is 0. The summed E-state index contributed by atoms with van der Waals surface area (Å²) in [4.78, 5) is -0.0841. The van der Waals surface area contributed by atoms with Crippen LogP contribution in [0.1, 0.15) is 6.92 Å². The number of halogens is 2. The van der Waals surface area contributed by atoms with E-state index >= 15 is 0 Å². The summed E-state index contributed by atoms with van der Waals surface area (Å²) in [6, 6.07) is 2.81. The van der Waals surface area contributed by atoms with E-state index in [-0.39, 0.29) is 16.5 Å². The molecule has 0 radical (unpaired) electrons. The fraction of sp³-hybridized carbons (Fsp3) is 0.333. The minimum atomic E-state index is -3.69. The van der Waals surface area contributed by atoms with Gasteiger partial charge in [-0.3, -0.25) is 0 Å². The zero-order chi connectivity index (χ0) is 12.3. The summed E-state index contributed by atoms with van der Waals surface area (Å²) in [6.45, 7) is 1.80. The van der Waals surface area contributed by atoms with Crippen molar-refractivity contribution in [3.63, 3.8) is 0 Å². The average molecular weight is 267 g/mol. The van der Waals surface area contributed by atoms with Crippen LogP contribution in [-0.2, 0) is 10.0 Å². The lowest BCUT2D eigenvalue weighted by molar-refractivity contribution is 0.562. The smallest absolute Gasteiger partial charge is 0.240 e. The summed E-state index contributed by atoms with van der Waals surface area (Å²) in [5, 5.41) is -0.233. The number of hydrogen-bond donors (Lipinski definition) is 2. The van der Waals surface area contributed by atoms with Crippen LogP contribution in [0.25, 0.3) is 0 Å². The van der Waals surface area contributed by atoms with Gasteiger partial charge in [0.05, 0.1) is 9.92 Å². The third-order valence-electron chi connectivity index (χ3n) is 1.91. The Bertz CT molecular complexity index is 478. The third-order valence-corrected chi connectivity index (χ3v) is 3.79. The predicted octanol–water partition coefficient (Wildman–Crippen LogP) is 1.10. The molecule has 7 heteroatoms. The van der Waals surface area contributed by atoms with Crippen molar-refractivity contribution in [2.24, 2.45) is 5.73 Å². The van der Waals surface area contributed by atoms with Crippen molar-refractivity contribution < 1.29 is 12.8 Å². The molecular weight excluding hydrogens is 255 g/mol. The lowest BCUT2D eigenvalue weighted by Crippen LogP contribution is -2.37. The fourth-order valence-corrected chi connectivity index (χ4v) is 2.55. The minimum Gasteiger partial charge on any atom is -0.329 e. The average Bonchev–Trinajstić information content (AvgIpc) is 2.21. The lowest BCUT2D eigenvalue weighted by atomic mass is 10.3. The molecule has 1 aromatic rings. The number of nitrogens with one attached hydrogen (secondary N) is 1. The molecule has 0 aromatic heterocycles. The van der Waals surface area contributed by atoms with Crippen LogP contribution >= 0.6 is 11.6 Å². The Kier molecular flexibility index (Phi) is 4.26. The van der Waals surface area contributed by atoms with Crippen molar-refractivity contribution in [2.75, 3.05) is 6.54 Å². The van der Waals surface area contributed by atoms with Gasteiger partial charge in [-0.05, 0) is 25.1 Å². The summed E-state index contributed by atoms with van der Waals surface area (Å²) in [5.74, 6) is -0.660. The first-order valence-corrected chi connectivity index (χ1v) is 6.40. The van der Waals surface area contributed by atoms with Crippen molar-refractivity contribution in [3.8, 4) is 0 Å². The first-order chi connectivity index (χ1) is 7.36. The van der Waals surface area contributed by atoms with Gasteiger partial charge in [0, 0.05) is 12.6 Å². The highest BCUT2D eigenvalue weighted by Crippen LogP contribution is 2.19. The molecule has 0 aliphatic heterocycles. The molecule has 0 fully saturated rings. The monoisotopic (exact) mass is 266 g/mol. The topological polar surface area (TPSA) is 72.2 Å². The van der Waals surface area contributed by atoms with E-state index in [0.717, 1.165) is 18.2 Å². The van der Waals surface area contributed by atoms with Gasteiger partial charge in [0.25, 0.3) is 0 Å². The first-order valence-electron chi connectivity index (χ1n) is 4.54. The van der Waals surface area contributed by atoms with Gasteiger partial charge in [0.2, 0.25) is 10.0 Å². The van der Waals surface area contributed by atoms with E-state index in [1.807, 2.05) is 0 Å². The molecule has 1 aromatic carbocycles. The summed E-state index contributed by atoms with van der Waals surface area (Å²) in [7, 11) is -3.69. The second-order valence-electron chi connectivity index (χ2n) is 3.33. The van der Waals surface area contributed by atoms with Crippen molar-refractivity contribution in [1.82, 2.24) is 4.72 Å². The molecule has 90 valence electrons. The van der Waals surface area contributed by atoms with Gasteiger partial charge < -0.3 is 5.73 Å². The molecule has 0 bridgehead atoms. The van der Waals surface area contributed by atoms with Crippen LogP contribution in [-0.4, -0.2) is 21.0 Å². The Morgan fingerprint density at radius 1 is 1.56 bits per heavy atom. The number of benzene rings is 1. The van der Waals surface area contributed by atoms with Crippen LogP contribution in [0.5, 0.6) is 0 Å². The molecule has 1 rings (SSSR count).